The number of sulfonamides is 1. The second-order valence-corrected chi connectivity index (χ2v) is 9.86. The van der Waals surface area contributed by atoms with Crippen LogP contribution in [-0.4, -0.2) is 42.9 Å². The number of hydrogen-bond donors (Lipinski definition) is 2. The minimum Gasteiger partial charge on any atom is -0.478 e. The molecule has 3 rings (SSSR count). The average molecular weight is 471 g/mol. The zero-order valence-corrected chi connectivity index (χ0v) is 20.4. The van der Waals surface area contributed by atoms with Crippen LogP contribution in [0.3, 0.4) is 0 Å². The number of rotatable bonds is 9. The van der Waals surface area contributed by atoms with Crippen LogP contribution in [0, 0.1) is 20.8 Å². The van der Waals surface area contributed by atoms with Crippen LogP contribution in [0.5, 0.6) is 0 Å². The lowest BCUT2D eigenvalue weighted by atomic mass is 10.1. The lowest BCUT2D eigenvalue weighted by Crippen LogP contribution is -2.22. The third-order valence-corrected chi connectivity index (χ3v) is 7.39. The molecule has 0 radical (unpaired) electrons. The first-order valence-corrected chi connectivity index (χ1v) is 12.2. The molecule has 0 atom stereocenters. The number of nitrogens with zero attached hydrogens (tertiary/aromatic N) is 3. The standard InChI is InChI=1S/C24H30N4O4S/c1-16-9-6-7-11-23(16)33(31,32)26-19-12-13-22(21(15-19)24(29)30)27(4)14-8-10-20-17(2)25-28(5)18(20)3/h6-7,9,11-13,15,26H,8,10,14H2,1-5H3,(H,29,30). The molecule has 2 aromatic carbocycles. The third kappa shape index (κ3) is 5.36. The molecule has 2 N–H and O–H groups in total. The van der Waals surface area contributed by atoms with Gasteiger partial charge in [0.05, 0.1) is 21.8 Å². The molecule has 33 heavy (non-hydrogen) atoms. The first-order chi connectivity index (χ1) is 15.5. The Morgan fingerprint density at radius 1 is 1.15 bits per heavy atom. The van der Waals surface area contributed by atoms with Gasteiger partial charge in [-0.3, -0.25) is 9.40 Å². The van der Waals surface area contributed by atoms with Crippen molar-refractivity contribution in [2.24, 2.45) is 7.05 Å². The predicted octanol–water partition coefficient (Wildman–Crippen LogP) is 3.91. The molecule has 0 amide bonds. The van der Waals surface area contributed by atoms with Crippen molar-refractivity contribution in [3.63, 3.8) is 0 Å². The maximum absolute atomic E-state index is 12.8. The van der Waals surface area contributed by atoms with Crippen LogP contribution in [0.4, 0.5) is 11.4 Å². The quantitative estimate of drug-likeness (QED) is 0.491. The number of nitrogens with one attached hydrogen (secondary N) is 1. The van der Waals surface area contributed by atoms with E-state index in [-0.39, 0.29) is 16.1 Å². The number of hydrogen-bond acceptors (Lipinski definition) is 5. The van der Waals surface area contributed by atoms with E-state index in [0.717, 1.165) is 24.2 Å². The van der Waals surface area contributed by atoms with Crippen LogP contribution in [0.1, 0.15) is 39.3 Å². The Morgan fingerprint density at radius 2 is 1.85 bits per heavy atom. The van der Waals surface area contributed by atoms with Crippen molar-refractivity contribution in [2.45, 2.75) is 38.5 Å². The van der Waals surface area contributed by atoms with Crippen molar-refractivity contribution in [1.82, 2.24) is 9.78 Å². The van der Waals surface area contributed by atoms with Crippen LogP contribution in [0.25, 0.3) is 0 Å². The summed E-state index contributed by atoms with van der Waals surface area (Å²) in [5.74, 6) is -1.12. The van der Waals surface area contributed by atoms with Crippen molar-refractivity contribution < 1.29 is 18.3 Å². The van der Waals surface area contributed by atoms with Crippen molar-refractivity contribution in [3.8, 4) is 0 Å². The summed E-state index contributed by atoms with van der Waals surface area (Å²) in [6, 6.07) is 11.2. The van der Waals surface area contributed by atoms with Gasteiger partial charge < -0.3 is 10.0 Å². The monoisotopic (exact) mass is 470 g/mol. The van der Waals surface area contributed by atoms with E-state index in [4.69, 9.17) is 0 Å². The summed E-state index contributed by atoms with van der Waals surface area (Å²) in [6.07, 6.45) is 1.66. The Morgan fingerprint density at radius 3 is 2.45 bits per heavy atom. The van der Waals surface area contributed by atoms with Gasteiger partial charge in [0.15, 0.2) is 0 Å². The topological polar surface area (TPSA) is 105 Å². The fourth-order valence-electron chi connectivity index (χ4n) is 3.96. The maximum atomic E-state index is 12.8. The summed E-state index contributed by atoms with van der Waals surface area (Å²) in [4.78, 5) is 14.0. The first-order valence-electron chi connectivity index (χ1n) is 10.7. The number of carbonyl (C=O) groups is 1. The lowest BCUT2D eigenvalue weighted by molar-refractivity contribution is 0.0697. The molecule has 0 fully saturated rings. The molecule has 1 heterocycles. The minimum atomic E-state index is -3.84. The van der Waals surface area contributed by atoms with Crippen LogP contribution in [-0.2, 0) is 23.5 Å². The van der Waals surface area contributed by atoms with E-state index in [1.807, 2.05) is 37.5 Å². The number of aryl methyl sites for hydroxylation is 3. The molecule has 0 aliphatic rings. The summed E-state index contributed by atoms with van der Waals surface area (Å²) in [5.41, 5.74) is 4.73. The predicted molar refractivity (Wildman–Crippen MR) is 130 cm³/mol. The molecule has 0 bridgehead atoms. The lowest BCUT2D eigenvalue weighted by Gasteiger charge is -2.22. The molecular weight excluding hydrogens is 440 g/mol. The largest absolute Gasteiger partial charge is 0.478 e. The fraction of sp³-hybridized carbons (Fsp3) is 0.333. The number of anilines is 2. The van der Waals surface area contributed by atoms with Gasteiger partial charge in [0.2, 0.25) is 0 Å². The highest BCUT2D eigenvalue weighted by Crippen LogP contribution is 2.27. The van der Waals surface area contributed by atoms with Crippen LogP contribution in [0.15, 0.2) is 47.4 Å². The van der Waals surface area contributed by atoms with E-state index in [1.165, 1.54) is 17.7 Å². The zero-order valence-electron chi connectivity index (χ0n) is 19.6. The SMILES string of the molecule is Cc1ccccc1S(=O)(=O)Nc1ccc(N(C)CCCc2c(C)nn(C)c2C)c(C(=O)O)c1. The van der Waals surface area contributed by atoms with Crippen LogP contribution >= 0.6 is 0 Å². The highest BCUT2D eigenvalue weighted by Gasteiger charge is 2.20. The van der Waals surface area contributed by atoms with E-state index in [9.17, 15) is 18.3 Å². The molecular formula is C24H30N4O4S. The van der Waals surface area contributed by atoms with Crippen LogP contribution < -0.4 is 9.62 Å². The third-order valence-electron chi connectivity index (χ3n) is 5.85. The highest BCUT2D eigenvalue weighted by atomic mass is 32.2. The fourth-order valence-corrected chi connectivity index (χ4v) is 5.26. The molecule has 1 aromatic heterocycles. The average Bonchev–Trinajstić information content (AvgIpc) is 2.99. The Labute approximate surface area is 194 Å². The molecule has 176 valence electrons. The highest BCUT2D eigenvalue weighted by molar-refractivity contribution is 7.92. The zero-order chi connectivity index (χ0) is 24.3. The molecule has 0 aliphatic carbocycles. The molecule has 0 saturated heterocycles. The van der Waals surface area contributed by atoms with Gasteiger partial charge in [-0.2, -0.15) is 5.10 Å². The van der Waals surface area contributed by atoms with E-state index < -0.39 is 16.0 Å². The maximum Gasteiger partial charge on any atom is 0.337 e. The smallest absolute Gasteiger partial charge is 0.337 e. The van der Waals surface area contributed by atoms with Gasteiger partial charge in [0.25, 0.3) is 10.0 Å². The van der Waals surface area contributed by atoms with Gasteiger partial charge >= 0.3 is 5.97 Å². The molecule has 9 heteroatoms. The van der Waals surface area contributed by atoms with Gasteiger partial charge in [-0.15, -0.1) is 0 Å². The molecule has 0 aliphatic heterocycles. The minimum absolute atomic E-state index is 0.0382. The van der Waals surface area contributed by atoms with E-state index in [2.05, 4.69) is 9.82 Å². The van der Waals surface area contributed by atoms with Gasteiger partial charge in [0.1, 0.15) is 0 Å². The van der Waals surface area contributed by atoms with Gasteiger partial charge in [0, 0.05) is 32.0 Å². The Kier molecular flexibility index (Phi) is 7.12. The van der Waals surface area contributed by atoms with Crippen molar-refractivity contribution >= 4 is 27.4 Å². The second-order valence-electron chi connectivity index (χ2n) is 8.21. The number of carboxylic acid groups (broad SMARTS) is 1. The number of carboxylic acids is 1. The Hall–Kier alpha value is -3.33. The van der Waals surface area contributed by atoms with Gasteiger partial charge in [-0.25, -0.2) is 13.2 Å². The summed E-state index contributed by atoms with van der Waals surface area (Å²) < 4.78 is 29.9. The summed E-state index contributed by atoms with van der Waals surface area (Å²) in [7, 11) is -0.0772. The number of aromatic nitrogens is 2. The molecule has 0 spiro atoms. The molecule has 8 nitrogen and oxygen atoms in total. The van der Waals surface area contributed by atoms with E-state index in [0.29, 0.717) is 17.8 Å². The van der Waals surface area contributed by atoms with Gasteiger partial charge in [-0.05, 0) is 69.0 Å². The van der Waals surface area contributed by atoms with Crippen molar-refractivity contribution in [1.29, 1.82) is 0 Å². The van der Waals surface area contributed by atoms with Crippen molar-refractivity contribution in [2.75, 3.05) is 23.2 Å². The molecule has 3 aromatic rings. The van der Waals surface area contributed by atoms with E-state index >= 15 is 0 Å². The van der Waals surface area contributed by atoms with Crippen LogP contribution in [0.2, 0.25) is 0 Å². The number of benzene rings is 2. The van der Waals surface area contributed by atoms with Gasteiger partial charge in [-0.1, -0.05) is 18.2 Å². The molecule has 0 saturated carbocycles. The second kappa shape index (κ2) is 9.66. The summed E-state index contributed by atoms with van der Waals surface area (Å²) in [5, 5.41) is 14.2. The first kappa shape index (κ1) is 24.3. The molecule has 0 unspecified atom stereocenters. The Balaban J connectivity index is 1.77. The Bertz CT molecular complexity index is 1280. The normalized spacial score (nSPS) is 11.4. The van der Waals surface area contributed by atoms with E-state index in [1.54, 1.807) is 37.3 Å². The number of aromatic carboxylic acids is 1. The summed E-state index contributed by atoms with van der Waals surface area (Å²) in [6.45, 7) is 6.38. The summed E-state index contributed by atoms with van der Waals surface area (Å²) >= 11 is 0. The van der Waals surface area contributed by atoms with Crippen molar-refractivity contribution in [3.05, 3.63) is 70.5 Å².